The van der Waals surface area contributed by atoms with Crippen molar-refractivity contribution in [1.82, 2.24) is 10.6 Å². The Kier molecular flexibility index (Phi) is 5.75. The van der Waals surface area contributed by atoms with E-state index in [1.165, 1.54) is 25.3 Å². The van der Waals surface area contributed by atoms with Crippen molar-refractivity contribution in [3.8, 4) is 5.75 Å². The summed E-state index contributed by atoms with van der Waals surface area (Å²) in [5.74, 6) is -0.0472. The van der Waals surface area contributed by atoms with Crippen LogP contribution in [0.25, 0.3) is 6.08 Å². The number of ether oxygens (including phenoxy) is 1. The zero-order valence-electron chi connectivity index (χ0n) is 12.9. The van der Waals surface area contributed by atoms with Crippen molar-refractivity contribution in [2.24, 2.45) is 5.14 Å². The zero-order valence-corrected chi connectivity index (χ0v) is 13.7. The summed E-state index contributed by atoms with van der Waals surface area (Å²) in [5, 5.41) is 11.3. The molecule has 1 heterocycles. The van der Waals surface area contributed by atoms with E-state index in [4.69, 9.17) is 9.88 Å². The maximum atomic E-state index is 11.9. The van der Waals surface area contributed by atoms with Crippen molar-refractivity contribution in [2.45, 2.75) is 23.8 Å². The largest absolute Gasteiger partial charge is 0.495 e. The van der Waals surface area contributed by atoms with Gasteiger partial charge < -0.3 is 15.4 Å². The van der Waals surface area contributed by atoms with Crippen LogP contribution in [0.3, 0.4) is 0 Å². The van der Waals surface area contributed by atoms with E-state index in [0.717, 1.165) is 25.9 Å². The standard InChI is InChI=1S/C15H21N3O4S/c1-22-13-6-4-11(9-14(13)23(16,20)21)5-7-15(19)18-12-3-2-8-17-10-12/h4-7,9,12,17H,2-3,8,10H2,1H3,(H,18,19)(H2,16,20,21)/b7-5+. The Labute approximate surface area is 135 Å². The molecule has 1 fully saturated rings. The van der Waals surface area contributed by atoms with E-state index in [1.807, 2.05) is 0 Å². The van der Waals surface area contributed by atoms with Crippen LogP contribution in [0.4, 0.5) is 0 Å². The molecule has 0 spiro atoms. The molecule has 1 unspecified atom stereocenters. The highest BCUT2D eigenvalue weighted by atomic mass is 32.2. The Balaban J connectivity index is 2.08. The summed E-state index contributed by atoms with van der Waals surface area (Å²) in [4.78, 5) is 11.8. The number of nitrogens with two attached hydrogens (primary N) is 1. The summed E-state index contributed by atoms with van der Waals surface area (Å²) in [6.45, 7) is 1.74. The molecule has 1 aromatic rings. The van der Waals surface area contributed by atoms with Gasteiger partial charge in [0.05, 0.1) is 7.11 Å². The molecule has 4 N–H and O–H groups in total. The summed E-state index contributed by atoms with van der Waals surface area (Å²) in [6, 6.07) is 4.65. The van der Waals surface area contributed by atoms with Crippen LogP contribution < -0.4 is 20.5 Å². The van der Waals surface area contributed by atoms with E-state index in [1.54, 1.807) is 12.1 Å². The molecule has 0 radical (unpaired) electrons. The number of sulfonamides is 1. The molecule has 1 saturated heterocycles. The number of carbonyl (C=O) groups is 1. The highest BCUT2D eigenvalue weighted by Crippen LogP contribution is 2.24. The van der Waals surface area contributed by atoms with Crippen LogP contribution in [0, 0.1) is 0 Å². The predicted molar refractivity (Wildman–Crippen MR) is 87.4 cm³/mol. The van der Waals surface area contributed by atoms with Gasteiger partial charge in [-0.25, -0.2) is 13.6 Å². The Morgan fingerprint density at radius 1 is 1.48 bits per heavy atom. The second-order valence-corrected chi connectivity index (χ2v) is 6.87. The van der Waals surface area contributed by atoms with Crippen LogP contribution in [0.15, 0.2) is 29.2 Å². The molecule has 1 amide bonds. The van der Waals surface area contributed by atoms with E-state index in [9.17, 15) is 13.2 Å². The number of benzene rings is 1. The number of methoxy groups -OCH3 is 1. The van der Waals surface area contributed by atoms with Crippen molar-refractivity contribution in [3.05, 3.63) is 29.8 Å². The molecule has 126 valence electrons. The molecule has 7 nitrogen and oxygen atoms in total. The number of primary sulfonamides is 1. The van der Waals surface area contributed by atoms with Gasteiger partial charge in [-0.05, 0) is 43.2 Å². The first-order chi connectivity index (χ1) is 10.9. The molecule has 2 rings (SSSR count). The van der Waals surface area contributed by atoms with E-state index in [-0.39, 0.29) is 22.6 Å². The summed E-state index contributed by atoms with van der Waals surface area (Å²) >= 11 is 0. The Bertz CT molecular complexity index is 695. The molecule has 8 heteroatoms. The van der Waals surface area contributed by atoms with E-state index >= 15 is 0 Å². The SMILES string of the molecule is COc1ccc(/C=C/C(=O)NC2CCCNC2)cc1S(N)(=O)=O. The monoisotopic (exact) mass is 339 g/mol. The van der Waals surface area contributed by atoms with Crippen LogP contribution in [0.1, 0.15) is 18.4 Å². The van der Waals surface area contributed by atoms with E-state index in [2.05, 4.69) is 10.6 Å². The number of amides is 1. The van der Waals surface area contributed by atoms with Gasteiger partial charge in [0.25, 0.3) is 0 Å². The molecule has 1 aliphatic heterocycles. The third-order valence-corrected chi connectivity index (χ3v) is 4.50. The van der Waals surface area contributed by atoms with E-state index < -0.39 is 10.0 Å². The molecular weight excluding hydrogens is 318 g/mol. The Morgan fingerprint density at radius 2 is 2.26 bits per heavy atom. The lowest BCUT2D eigenvalue weighted by atomic mass is 10.1. The van der Waals surface area contributed by atoms with Gasteiger partial charge in [0, 0.05) is 18.7 Å². The highest BCUT2D eigenvalue weighted by Gasteiger charge is 2.16. The summed E-state index contributed by atoms with van der Waals surface area (Å²) in [5.41, 5.74) is 0.548. The molecule has 0 aromatic heterocycles. The lowest BCUT2D eigenvalue weighted by molar-refractivity contribution is -0.117. The van der Waals surface area contributed by atoms with Crippen molar-refractivity contribution < 1.29 is 17.9 Å². The molecule has 0 saturated carbocycles. The lowest BCUT2D eigenvalue weighted by Gasteiger charge is -2.23. The van der Waals surface area contributed by atoms with Crippen molar-refractivity contribution in [2.75, 3.05) is 20.2 Å². The highest BCUT2D eigenvalue weighted by molar-refractivity contribution is 7.89. The van der Waals surface area contributed by atoms with Gasteiger partial charge in [0.2, 0.25) is 15.9 Å². The summed E-state index contributed by atoms with van der Waals surface area (Å²) in [7, 11) is -2.53. The molecule has 0 bridgehead atoms. The first kappa shape index (κ1) is 17.5. The maximum absolute atomic E-state index is 11.9. The number of hydrogen-bond acceptors (Lipinski definition) is 5. The van der Waals surface area contributed by atoms with Crippen LogP contribution in [-0.2, 0) is 14.8 Å². The maximum Gasteiger partial charge on any atom is 0.244 e. The van der Waals surface area contributed by atoms with Crippen LogP contribution in [0.5, 0.6) is 5.75 Å². The van der Waals surface area contributed by atoms with Gasteiger partial charge in [0.15, 0.2) is 0 Å². The van der Waals surface area contributed by atoms with Crippen LogP contribution in [-0.4, -0.2) is 40.6 Å². The smallest absolute Gasteiger partial charge is 0.244 e. The first-order valence-electron chi connectivity index (χ1n) is 7.30. The number of nitrogens with one attached hydrogen (secondary N) is 2. The van der Waals surface area contributed by atoms with E-state index in [0.29, 0.717) is 5.56 Å². The third-order valence-electron chi connectivity index (χ3n) is 3.56. The second-order valence-electron chi connectivity index (χ2n) is 5.34. The first-order valence-corrected chi connectivity index (χ1v) is 8.85. The van der Waals surface area contributed by atoms with Crippen LogP contribution in [0.2, 0.25) is 0 Å². The van der Waals surface area contributed by atoms with Gasteiger partial charge in [-0.1, -0.05) is 6.07 Å². The lowest BCUT2D eigenvalue weighted by Crippen LogP contribution is -2.45. The molecule has 1 atom stereocenters. The van der Waals surface area contributed by atoms with Crippen molar-refractivity contribution >= 4 is 22.0 Å². The minimum atomic E-state index is -3.90. The number of rotatable bonds is 5. The fraction of sp³-hybridized carbons (Fsp3) is 0.400. The van der Waals surface area contributed by atoms with Gasteiger partial charge in [-0.2, -0.15) is 0 Å². The zero-order chi connectivity index (χ0) is 16.9. The number of carbonyl (C=O) groups excluding carboxylic acids is 1. The van der Waals surface area contributed by atoms with Crippen molar-refractivity contribution in [1.29, 1.82) is 0 Å². The molecule has 1 aromatic carbocycles. The van der Waals surface area contributed by atoms with Gasteiger partial charge in [-0.3, -0.25) is 4.79 Å². The van der Waals surface area contributed by atoms with Crippen molar-refractivity contribution in [3.63, 3.8) is 0 Å². The van der Waals surface area contributed by atoms with Crippen LogP contribution >= 0.6 is 0 Å². The van der Waals surface area contributed by atoms with Gasteiger partial charge in [0.1, 0.15) is 10.6 Å². The fourth-order valence-corrected chi connectivity index (χ4v) is 3.15. The Hall–Kier alpha value is -1.90. The average Bonchev–Trinajstić information content (AvgIpc) is 2.53. The molecular formula is C15H21N3O4S. The van der Waals surface area contributed by atoms with Gasteiger partial charge in [-0.15, -0.1) is 0 Å². The summed E-state index contributed by atoms with van der Waals surface area (Å²) < 4.78 is 28.1. The quantitative estimate of drug-likeness (QED) is 0.665. The fourth-order valence-electron chi connectivity index (χ4n) is 2.42. The minimum Gasteiger partial charge on any atom is -0.495 e. The topological polar surface area (TPSA) is 111 Å². The molecule has 1 aliphatic rings. The Morgan fingerprint density at radius 3 is 2.87 bits per heavy atom. The number of hydrogen-bond donors (Lipinski definition) is 3. The molecule has 23 heavy (non-hydrogen) atoms. The van der Waals surface area contributed by atoms with Gasteiger partial charge >= 0.3 is 0 Å². The third kappa shape index (κ3) is 5.05. The molecule has 0 aliphatic carbocycles. The normalized spacial score (nSPS) is 18.8. The minimum absolute atomic E-state index is 0.112. The predicted octanol–water partition coefficient (Wildman–Crippen LogP) is 0.224. The average molecular weight is 339 g/mol. The summed E-state index contributed by atoms with van der Waals surface area (Å²) in [6.07, 6.45) is 4.90. The number of piperidine rings is 1. The second kappa shape index (κ2) is 7.58.